The number of fused-ring (bicyclic) bond motifs is 12. The number of rotatable bonds is 4. The summed E-state index contributed by atoms with van der Waals surface area (Å²) in [5.41, 5.74) is 15.2. The second kappa shape index (κ2) is 12.3. The standard InChI is InChI=1S/C54H33N3/c1-3-15-36-31-40(29-27-34(36)13-1)52-55-51(56-53(57-52)41-30-28-35-14-2-4-16-37(35)32-41)39-18-11-17-38(33-39)42-22-12-23-46-45-21-7-10-26-49(45)54(50(42)46)47-24-8-5-19-43(47)44-20-6-9-25-48(44)54/h1-33H. The molecule has 12 rings (SSSR count). The van der Waals surface area contributed by atoms with Crippen molar-refractivity contribution < 1.29 is 0 Å². The third kappa shape index (κ3) is 4.69. The van der Waals surface area contributed by atoms with Gasteiger partial charge in [0.2, 0.25) is 0 Å². The lowest BCUT2D eigenvalue weighted by molar-refractivity contribution is 0.796. The smallest absolute Gasteiger partial charge is 0.164 e. The van der Waals surface area contributed by atoms with E-state index in [0.717, 1.165) is 33.0 Å². The summed E-state index contributed by atoms with van der Waals surface area (Å²) in [4.78, 5) is 15.6. The third-order valence-corrected chi connectivity index (χ3v) is 12.1. The number of nitrogens with zero attached hydrogens (tertiary/aromatic N) is 3. The van der Waals surface area contributed by atoms with Crippen molar-refractivity contribution >= 4 is 21.5 Å². The van der Waals surface area contributed by atoms with Crippen LogP contribution in [0.4, 0.5) is 0 Å². The van der Waals surface area contributed by atoms with E-state index in [9.17, 15) is 0 Å². The highest BCUT2D eigenvalue weighted by Crippen LogP contribution is 2.64. The molecule has 2 aliphatic rings. The maximum absolute atomic E-state index is 5.22. The Hall–Kier alpha value is -7.49. The van der Waals surface area contributed by atoms with Crippen molar-refractivity contribution in [2.75, 3.05) is 0 Å². The predicted octanol–water partition coefficient (Wildman–Crippen LogP) is 13.2. The molecule has 57 heavy (non-hydrogen) atoms. The molecule has 0 saturated heterocycles. The van der Waals surface area contributed by atoms with Crippen LogP contribution >= 0.6 is 0 Å². The molecule has 0 N–H and O–H groups in total. The summed E-state index contributed by atoms with van der Waals surface area (Å²) in [5.74, 6) is 1.93. The Balaban J connectivity index is 1.07. The van der Waals surface area contributed by atoms with Crippen LogP contribution in [0.2, 0.25) is 0 Å². The van der Waals surface area contributed by atoms with Gasteiger partial charge in [-0.15, -0.1) is 0 Å². The minimum atomic E-state index is -0.453. The first-order valence-corrected chi connectivity index (χ1v) is 19.5. The first kappa shape index (κ1) is 31.8. The molecule has 3 heteroatoms. The fraction of sp³-hybridized carbons (Fsp3) is 0.0185. The van der Waals surface area contributed by atoms with Crippen LogP contribution in [0, 0.1) is 0 Å². The molecule has 264 valence electrons. The molecule has 0 unspecified atom stereocenters. The van der Waals surface area contributed by atoms with E-state index in [2.05, 4.69) is 200 Å². The maximum atomic E-state index is 5.22. The van der Waals surface area contributed by atoms with Crippen LogP contribution in [0.5, 0.6) is 0 Å². The molecule has 2 aliphatic carbocycles. The molecule has 1 spiro atoms. The summed E-state index contributed by atoms with van der Waals surface area (Å²) < 4.78 is 0. The SMILES string of the molecule is c1cc(-c2nc(-c3ccc4ccccc4c3)nc(-c3ccc4ccccc4c3)n2)cc(-c2cccc3c2C2(c4ccccc4-c4ccccc42)c2ccccc2-3)c1. The van der Waals surface area contributed by atoms with Gasteiger partial charge >= 0.3 is 0 Å². The van der Waals surface area contributed by atoms with Gasteiger partial charge in [0.05, 0.1) is 5.41 Å². The van der Waals surface area contributed by atoms with Crippen molar-refractivity contribution in [2.45, 2.75) is 5.41 Å². The summed E-state index contributed by atoms with van der Waals surface area (Å²) in [6.07, 6.45) is 0. The average Bonchev–Trinajstić information content (AvgIpc) is 3.76. The fourth-order valence-electron chi connectivity index (χ4n) is 9.64. The van der Waals surface area contributed by atoms with Gasteiger partial charge in [-0.25, -0.2) is 15.0 Å². The Kier molecular flexibility index (Phi) is 6.84. The molecule has 0 atom stereocenters. The average molecular weight is 724 g/mol. The van der Waals surface area contributed by atoms with Crippen LogP contribution in [-0.4, -0.2) is 15.0 Å². The molecular weight excluding hydrogens is 691 g/mol. The molecule has 0 amide bonds. The Bertz CT molecular complexity index is 3110. The summed E-state index contributed by atoms with van der Waals surface area (Å²) in [5, 5.41) is 4.66. The molecule has 9 aromatic carbocycles. The minimum Gasteiger partial charge on any atom is -0.208 e. The fourth-order valence-corrected chi connectivity index (χ4v) is 9.64. The van der Waals surface area contributed by atoms with Gasteiger partial charge < -0.3 is 0 Å². The molecular formula is C54H33N3. The molecule has 0 bridgehead atoms. The number of hydrogen-bond acceptors (Lipinski definition) is 3. The molecule has 3 nitrogen and oxygen atoms in total. The van der Waals surface area contributed by atoms with E-state index >= 15 is 0 Å². The van der Waals surface area contributed by atoms with Crippen LogP contribution in [0.25, 0.3) is 89.1 Å². The summed E-state index contributed by atoms with van der Waals surface area (Å²) in [6.45, 7) is 0. The predicted molar refractivity (Wildman–Crippen MR) is 233 cm³/mol. The highest BCUT2D eigenvalue weighted by molar-refractivity contribution is 5.99. The van der Waals surface area contributed by atoms with Crippen molar-refractivity contribution in [3.63, 3.8) is 0 Å². The van der Waals surface area contributed by atoms with E-state index in [1.54, 1.807) is 0 Å². The van der Waals surface area contributed by atoms with Gasteiger partial charge in [0.25, 0.3) is 0 Å². The molecule has 0 radical (unpaired) electrons. The topological polar surface area (TPSA) is 38.7 Å². The quantitative estimate of drug-likeness (QED) is 0.181. The Morgan fingerprint density at radius 3 is 1.19 bits per heavy atom. The van der Waals surface area contributed by atoms with Crippen LogP contribution < -0.4 is 0 Å². The van der Waals surface area contributed by atoms with Crippen molar-refractivity contribution in [3.05, 3.63) is 222 Å². The zero-order valence-electron chi connectivity index (χ0n) is 30.9. The van der Waals surface area contributed by atoms with Crippen LogP contribution in [0.3, 0.4) is 0 Å². The Labute approximate surface area is 330 Å². The molecule has 0 fully saturated rings. The van der Waals surface area contributed by atoms with Gasteiger partial charge in [-0.05, 0) is 95.4 Å². The van der Waals surface area contributed by atoms with E-state index in [0.29, 0.717) is 17.5 Å². The van der Waals surface area contributed by atoms with Crippen molar-refractivity contribution in [3.8, 4) is 67.5 Å². The zero-order chi connectivity index (χ0) is 37.5. The summed E-state index contributed by atoms with van der Waals surface area (Å²) in [7, 11) is 0. The van der Waals surface area contributed by atoms with E-state index in [-0.39, 0.29) is 0 Å². The molecule has 0 aliphatic heterocycles. The number of benzene rings is 9. The van der Waals surface area contributed by atoms with E-state index in [1.165, 1.54) is 60.8 Å². The first-order valence-electron chi connectivity index (χ1n) is 19.5. The molecule has 1 heterocycles. The summed E-state index contributed by atoms with van der Waals surface area (Å²) in [6, 6.07) is 72.2. The Morgan fingerprint density at radius 2 is 0.649 bits per heavy atom. The monoisotopic (exact) mass is 723 g/mol. The largest absolute Gasteiger partial charge is 0.208 e. The van der Waals surface area contributed by atoms with Crippen molar-refractivity contribution in [1.29, 1.82) is 0 Å². The second-order valence-corrected chi connectivity index (χ2v) is 15.1. The second-order valence-electron chi connectivity index (χ2n) is 15.1. The lowest BCUT2D eigenvalue weighted by Gasteiger charge is -2.32. The van der Waals surface area contributed by atoms with E-state index in [1.807, 2.05) is 0 Å². The van der Waals surface area contributed by atoms with Gasteiger partial charge in [0, 0.05) is 16.7 Å². The highest BCUT2D eigenvalue weighted by atomic mass is 15.0. The molecule has 0 saturated carbocycles. The van der Waals surface area contributed by atoms with Gasteiger partial charge in [-0.2, -0.15) is 0 Å². The van der Waals surface area contributed by atoms with Gasteiger partial charge in [-0.1, -0.05) is 182 Å². The van der Waals surface area contributed by atoms with Crippen LogP contribution in [0.15, 0.2) is 200 Å². The summed E-state index contributed by atoms with van der Waals surface area (Å²) >= 11 is 0. The minimum absolute atomic E-state index is 0.453. The molecule has 1 aromatic heterocycles. The third-order valence-electron chi connectivity index (χ3n) is 12.1. The molecule has 10 aromatic rings. The normalized spacial score (nSPS) is 13.1. The highest BCUT2D eigenvalue weighted by Gasteiger charge is 2.52. The van der Waals surface area contributed by atoms with E-state index in [4.69, 9.17) is 15.0 Å². The van der Waals surface area contributed by atoms with Gasteiger partial charge in [-0.3, -0.25) is 0 Å². The zero-order valence-corrected chi connectivity index (χ0v) is 30.9. The lowest BCUT2D eigenvalue weighted by Crippen LogP contribution is -2.26. The van der Waals surface area contributed by atoms with Crippen molar-refractivity contribution in [2.24, 2.45) is 0 Å². The van der Waals surface area contributed by atoms with Crippen molar-refractivity contribution in [1.82, 2.24) is 15.0 Å². The number of hydrogen-bond donors (Lipinski definition) is 0. The maximum Gasteiger partial charge on any atom is 0.164 e. The van der Waals surface area contributed by atoms with E-state index < -0.39 is 5.41 Å². The number of aromatic nitrogens is 3. The van der Waals surface area contributed by atoms with Gasteiger partial charge in [0.15, 0.2) is 17.5 Å². The lowest BCUT2D eigenvalue weighted by atomic mass is 9.68. The van der Waals surface area contributed by atoms with Crippen LogP contribution in [-0.2, 0) is 5.41 Å². The Morgan fingerprint density at radius 1 is 0.263 bits per heavy atom. The van der Waals surface area contributed by atoms with Crippen LogP contribution in [0.1, 0.15) is 22.3 Å². The first-order chi connectivity index (χ1) is 28.2. The van der Waals surface area contributed by atoms with Gasteiger partial charge in [0.1, 0.15) is 0 Å².